The lowest BCUT2D eigenvalue weighted by molar-refractivity contribution is -0.153. The van der Waals surface area contributed by atoms with Crippen LogP contribution in [0.2, 0.25) is 0 Å². The maximum Gasteiger partial charge on any atom is 0.321 e. The van der Waals surface area contributed by atoms with Gasteiger partial charge >= 0.3 is 5.97 Å². The summed E-state index contributed by atoms with van der Waals surface area (Å²) in [6.45, 7) is 5.54. The molecule has 0 spiro atoms. The highest BCUT2D eigenvalue weighted by molar-refractivity contribution is 9.12. The summed E-state index contributed by atoms with van der Waals surface area (Å²) >= 11 is 6.35. The third kappa shape index (κ3) is 5.67. The van der Waals surface area contributed by atoms with E-state index in [4.69, 9.17) is 4.74 Å². The molecular weight excluding hydrogens is 276 g/mol. The molecule has 0 radical (unpaired) electrons. The van der Waals surface area contributed by atoms with Crippen LogP contribution in [0, 0.1) is 0 Å². The van der Waals surface area contributed by atoms with Gasteiger partial charge in [-0.3, -0.25) is 4.79 Å². The van der Waals surface area contributed by atoms with Crippen LogP contribution >= 0.6 is 31.9 Å². The minimum absolute atomic E-state index is 0.227. The standard InChI is InChI=1S/C7H12Br2O2/c1-7(2,3)11-6(10)5(9)4-8/h5H,4H2,1-3H3/t5-/m0/s1. The van der Waals surface area contributed by atoms with E-state index >= 15 is 0 Å². The molecule has 2 nitrogen and oxygen atoms in total. The van der Waals surface area contributed by atoms with Crippen molar-refractivity contribution in [3.8, 4) is 0 Å². The van der Waals surface area contributed by atoms with E-state index in [9.17, 15) is 4.79 Å². The Morgan fingerprint density at radius 3 is 2.27 bits per heavy atom. The first-order valence-corrected chi connectivity index (χ1v) is 5.33. The topological polar surface area (TPSA) is 26.3 Å². The molecule has 66 valence electrons. The van der Waals surface area contributed by atoms with Gasteiger partial charge in [0.05, 0.1) is 0 Å². The van der Waals surface area contributed by atoms with Gasteiger partial charge in [-0.1, -0.05) is 31.9 Å². The molecule has 0 unspecified atom stereocenters. The van der Waals surface area contributed by atoms with E-state index in [-0.39, 0.29) is 10.8 Å². The number of rotatable bonds is 2. The summed E-state index contributed by atoms with van der Waals surface area (Å²) in [5.41, 5.74) is -0.398. The summed E-state index contributed by atoms with van der Waals surface area (Å²) in [7, 11) is 0. The van der Waals surface area contributed by atoms with Gasteiger partial charge in [-0.05, 0) is 20.8 Å². The normalized spacial score (nSPS) is 14.3. The zero-order chi connectivity index (χ0) is 9.07. The van der Waals surface area contributed by atoms with Crippen LogP contribution in [0.5, 0.6) is 0 Å². The highest BCUT2D eigenvalue weighted by Gasteiger charge is 2.21. The number of hydrogen-bond acceptors (Lipinski definition) is 2. The lowest BCUT2D eigenvalue weighted by Crippen LogP contribution is -2.29. The highest BCUT2D eigenvalue weighted by atomic mass is 79.9. The number of carbonyl (C=O) groups is 1. The van der Waals surface area contributed by atoms with Crippen molar-refractivity contribution >= 4 is 37.8 Å². The molecule has 0 aliphatic heterocycles. The number of carbonyl (C=O) groups excluding carboxylic acids is 1. The molecule has 0 N–H and O–H groups in total. The van der Waals surface area contributed by atoms with Crippen molar-refractivity contribution in [3.05, 3.63) is 0 Å². The van der Waals surface area contributed by atoms with Crippen molar-refractivity contribution in [2.75, 3.05) is 5.33 Å². The molecule has 0 aliphatic rings. The minimum Gasteiger partial charge on any atom is -0.459 e. The molecule has 0 rings (SSSR count). The van der Waals surface area contributed by atoms with E-state index < -0.39 is 5.60 Å². The van der Waals surface area contributed by atoms with Crippen LogP contribution in [-0.2, 0) is 9.53 Å². The molecule has 4 heteroatoms. The Morgan fingerprint density at radius 1 is 1.55 bits per heavy atom. The molecule has 0 heterocycles. The molecular formula is C7H12Br2O2. The lowest BCUT2D eigenvalue weighted by atomic mass is 10.2. The first kappa shape index (κ1) is 11.4. The average molecular weight is 288 g/mol. The fraction of sp³-hybridized carbons (Fsp3) is 0.857. The van der Waals surface area contributed by atoms with Gasteiger partial charge in [-0.15, -0.1) is 0 Å². The minimum atomic E-state index is -0.398. The molecule has 0 fully saturated rings. The Labute approximate surface area is 83.9 Å². The molecule has 0 bridgehead atoms. The smallest absolute Gasteiger partial charge is 0.321 e. The van der Waals surface area contributed by atoms with Gasteiger partial charge in [0, 0.05) is 5.33 Å². The van der Waals surface area contributed by atoms with Crippen LogP contribution in [0.4, 0.5) is 0 Å². The lowest BCUT2D eigenvalue weighted by Gasteiger charge is -2.20. The molecule has 0 aromatic heterocycles. The predicted octanol–water partition coefficient (Wildman–Crippen LogP) is 2.49. The van der Waals surface area contributed by atoms with E-state index in [1.165, 1.54) is 0 Å². The van der Waals surface area contributed by atoms with Gasteiger partial charge in [0.1, 0.15) is 10.4 Å². The quantitative estimate of drug-likeness (QED) is 0.576. The summed E-state index contributed by atoms with van der Waals surface area (Å²) in [4.78, 5) is 10.8. The molecule has 0 saturated carbocycles. The highest BCUT2D eigenvalue weighted by Crippen LogP contribution is 2.13. The van der Waals surface area contributed by atoms with E-state index in [1.54, 1.807) is 0 Å². The number of ether oxygens (including phenoxy) is 1. The summed E-state index contributed by atoms with van der Waals surface area (Å²) in [6.07, 6.45) is 0. The Balaban J connectivity index is 3.88. The molecule has 0 amide bonds. The van der Waals surface area contributed by atoms with Crippen molar-refractivity contribution in [2.24, 2.45) is 0 Å². The van der Waals surface area contributed by atoms with Crippen molar-refractivity contribution in [2.45, 2.75) is 31.2 Å². The van der Waals surface area contributed by atoms with Gasteiger partial charge in [0.15, 0.2) is 0 Å². The Bertz CT molecular complexity index is 140. The van der Waals surface area contributed by atoms with E-state index in [2.05, 4.69) is 31.9 Å². The molecule has 0 saturated heterocycles. The second-order valence-corrected chi connectivity index (χ2v) is 4.91. The van der Waals surface area contributed by atoms with Gasteiger partial charge in [0.2, 0.25) is 0 Å². The third-order valence-electron chi connectivity index (χ3n) is 0.798. The van der Waals surface area contributed by atoms with E-state index in [1.807, 2.05) is 20.8 Å². The van der Waals surface area contributed by atoms with Gasteiger partial charge < -0.3 is 4.74 Å². The summed E-state index contributed by atoms with van der Waals surface area (Å²) in [5, 5.41) is 0.571. The molecule has 0 aromatic rings. The maximum atomic E-state index is 11.1. The zero-order valence-corrected chi connectivity index (χ0v) is 10.0. The van der Waals surface area contributed by atoms with Crippen molar-refractivity contribution < 1.29 is 9.53 Å². The number of alkyl halides is 2. The first-order valence-electron chi connectivity index (χ1n) is 3.29. The largest absolute Gasteiger partial charge is 0.459 e. The van der Waals surface area contributed by atoms with Crippen molar-refractivity contribution in [1.29, 1.82) is 0 Å². The maximum absolute atomic E-state index is 11.1. The molecule has 11 heavy (non-hydrogen) atoms. The number of halogens is 2. The van der Waals surface area contributed by atoms with Gasteiger partial charge in [-0.25, -0.2) is 0 Å². The summed E-state index contributed by atoms with van der Waals surface area (Å²) in [5.74, 6) is -0.227. The van der Waals surface area contributed by atoms with Crippen LogP contribution in [0.1, 0.15) is 20.8 Å². The van der Waals surface area contributed by atoms with Gasteiger partial charge in [0.25, 0.3) is 0 Å². The molecule has 0 aromatic carbocycles. The third-order valence-corrected chi connectivity index (χ3v) is 3.01. The summed E-state index contributed by atoms with van der Waals surface area (Å²) in [6, 6.07) is 0. The van der Waals surface area contributed by atoms with Crippen LogP contribution in [-0.4, -0.2) is 21.7 Å². The Hall–Kier alpha value is 0.430. The number of esters is 1. The fourth-order valence-corrected chi connectivity index (χ4v) is 0.786. The second kappa shape index (κ2) is 4.45. The summed E-state index contributed by atoms with van der Waals surface area (Å²) < 4.78 is 5.07. The molecule has 0 aliphatic carbocycles. The zero-order valence-electron chi connectivity index (χ0n) is 6.86. The Kier molecular flexibility index (Phi) is 4.63. The molecule has 1 atom stereocenters. The van der Waals surface area contributed by atoms with Crippen molar-refractivity contribution in [1.82, 2.24) is 0 Å². The van der Waals surface area contributed by atoms with E-state index in [0.717, 1.165) is 0 Å². The van der Waals surface area contributed by atoms with Crippen LogP contribution < -0.4 is 0 Å². The monoisotopic (exact) mass is 286 g/mol. The first-order chi connectivity index (χ1) is 4.87. The SMILES string of the molecule is CC(C)(C)OC(=O)[C@@H](Br)CBr. The van der Waals surface area contributed by atoms with E-state index in [0.29, 0.717) is 5.33 Å². The number of hydrogen-bond donors (Lipinski definition) is 0. The fourth-order valence-electron chi connectivity index (χ4n) is 0.429. The van der Waals surface area contributed by atoms with Crippen LogP contribution in [0.3, 0.4) is 0 Å². The predicted molar refractivity (Wildman–Crippen MR) is 52.4 cm³/mol. The second-order valence-electron chi connectivity index (χ2n) is 3.16. The van der Waals surface area contributed by atoms with Gasteiger partial charge in [-0.2, -0.15) is 0 Å². The Morgan fingerprint density at radius 2 is 2.00 bits per heavy atom. The van der Waals surface area contributed by atoms with Crippen molar-refractivity contribution in [3.63, 3.8) is 0 Å². The average Bonchev–Trinajstić information content (AvgIpc) is 1.82. The van der Waals surface area contributed by atoms with Crippen LogP contribution in [0.25, 0.3) is 0 Å². The van der Waals surface area contributed by atoms with Crippen LogP contribution in [0.15, 0.2) is 0 Å².